The molecule has 0 aliphatic heterocycles. The van der Waals surface area contributed by atoms with Gasteiger partial charge >= 0.3 is 8.56 Å². The number of hydrogen-bond donors (Lipinski definition) is 1. The standard InChI is InChI=1S/C2H14O4Si4/c1-10(2,5-8-3)6-9-4-7/h3H,8-9H2,1-2,7H3. The van der Waals surface area contributed by atoms with E-state index in [1.165, 1.54) is 0 Å². The van der Waals surface area contributed by atoms with Gasteiger partial charge in [0.05, 0.1) is 0 Å². The van der Waals surface area contributed by atoms with Crippen LogP contribution in [0.3, 0.4) is 0 Å². The lowest BCUT2D eigenvalue weighted by Gasteiger charge is -2.21. The second-order valence-corrected chi connectivity index (χ2v) is 10.1. The summed E-state index contributed by atoms with van der Waals surface area (Å²) in [6, 6.07) is 0. The van der Waals surface area contributed by atoms with E-state index in [9.17, 15) is 0 Å². The summed E-state index contributed by atoms with van der Waals surface area (Å²) in [5.74, 6) is 0. The predicted molar refractivity (Wildman–Crippen MR) is 50.0 cm³/mol. The lowest BCUT2D eigenvalue weighted by molar-refractivity contribution is 0.355. The van der Waals surface area contributed by atoms with Gasteiger partial charge < -0.3 is 17.1 Å². The maximum atomic E-state index is 8.56. The van der Waals surface area contributed by atoms with E-state index in [4.69, 9.17) is 17.1 Å². The molecule has 1 N–H and O–H groups in total. The Morgan fingerprint density at radius 1 is 1.40 bits per heavy atom. The average Bonchev–Trinajstić information content (AvgIpc) is 1.84. The fourth-order valence-electron chi connectivity index (χ4n) is 0.398. The van der Waals surface area contributed by atoms with Crippen molar-refractivity contribution >= 4 is 39.1 Å². The first kappa shape index (κ1) is 10.7. The SMILES string of the molecule is C[Si](C)(O[SiH2]O)O[SiH2]O[SiH3]. The van der Waals surface area contributed by atoms with Crippen LogP contribution in [0.5, 0.6) is 0 Å². The zero-order valence-electron chi connectivity index (χ0n) is 6.59. The highest BCUT2D eigenvalue weighted by Crippen LogP contribution is 2.02. The van der Waals surface area contributed by atoms with E-state index in [0.717, 1.165) is 10.5 Å². The second-order valence-electron chi connectivity index (χ2n) is 2.22. The molecule has 0 bridgehead atoms. The molecular weight excluding hydrogens is 200 g/mol. The zero-order valence-corrected chi connectivity index (χ0v) is 12.4. The summed E-state index contributed by atoms with van der Waals surface area (Å²) in [7, 11) is -3.31. The van der Waals surface area contributed by atoms with Gasteiger partial charge in [0, 0.05) is 0 Å². The van der Waals surface area contributed by atoms with Crippen LogP contribution >= 0.6 is 0 Å². The molecule has 0 atom stereocenters. The molecule has 0 saturated carbocycles. The second kappa shape index (κ2) is 5.37. The molecule has 0 fully saturated rings. The summed E-state index contributed by atoms with van der Waals surface area (Å²) < 4.78 is 15.4. The molecule has 0 unspecified atom stereocenters. The van der Waals surface area contributed by atoms with Crippen LogP contribution in [0.15, 0.2) is 0 Å². The van der Waals surface area contributed by atoms with Crippen molar-refractivity contribution in [2.75, 3.05) is 0 Å². The first-order chi connectivity index (χ1) is 4.62. The molecule has 0 heterocycles. The minimum atomic E-state index is -1.95. The summed E-state index contributed by atoms with van der Waals surface area (Å²) >= 11 is 0. The Balaban J connectivity index is 3.42. The van der Waals surface area contributed by atoms with Crippen LogP contribution in [-0.4, -0.2) is 43.9 Å². The molecule has 0 aromatic heterocycles. The van der Waals surface area contributed by atoms with Crippen LogP contribution in [0.2, 0.25) is 13.1 Å². The molecule has 62 valence electrons. The van der Waals surface area contributed by atoms with Crippen molar-refractivity contribution in [3.63, 3.8) is 0 Å². The maximum absolute atomic E-state index is 8.56. The summed E-state index contributed by atoms with van der Waals surface area (Å²) in [5, 5.41) is 0. The predicted octanol–water partition coefficient (Wildman–Crippen LogP) is -2.99. The lowest BCUT2D eigenvalue weighted by Crippen LogP contribution is -2.38. The van der Waals surface area contributed by atoms with E-state index >= 15 is 0 Å². The molecule has 0 aromatic rings. The Hall–Kier alpha value is 0.708. The maximum Gasteiger partial charge on any atom is 0.313 e. The van der Waals surface area contributed by atoms with Crippen LogP contribution in [0.4, 0.5) is 0 Å². The van der Waals surface area contributed by atoms with Crippen LogP contribution in [0.25, 0.3) is 0 Å². The molecule has 0 aliphatic rings. The monoisotopic (exact) mass is 214 g/mol. The summed E-state index contributed by atoms with van der Waals surface area (Å²) in [6.45, 7) is 3.84. The Morgan fingerprint density at radius 3 is 2.40 bits per heavy atom. The molecule has 0 saturated heterocycles. The molecule has 0 aliphatic carbocycles. The van der Waals surface area contributed by atoms with Crippen LogP contribution in [0.1, 0.15) is 0 Å². The summed E-state index contributed by atoms with van der Waals surface area (Å²) in [6.07, 6.45) is 0. The fraction of sp³-hybridized carbons (Fsp3) is 1.00. The molecule has 0 spiro atoms. The fourth-order valence-corrected chi connectivity index (χ4v) is 5.39. The number of hydrogen-bond acceptors (Lipinski definition) is 4. The third-order valence-corrected chi connectivity index (χ3v) is 8.43. The van der Waals surface area contributed by atoms with Crippen LogP contribution in [-0.2, 0) is 12.3 Å². The number of rotatable bonds is 5. The highest BCUT2D eigenvalue weighted by Gasteiger charge is 2.22. The topological polar surface area (TPSA) is 47.9 Å². The molecule has 0 amide bonds. The zero-order chi connectivity index (χ0) is 8.04. The first-order valence-corrected chi connectivity index (χ1v) is 9.00. The summed E-state index contributed by atoms with van der Waals surface area (Å²) in [4.78, 5) is 8.56. The van der Waals surface area contributed by atoms with E-state index in [2.05, 4.69) is 0 Å². The van der Waals surface area contributed by atoms with Gasteiger partial charge in [-0.05, 0) is 13.1 Å². The van der Waals surface area contributed by atoms with E-state index in [1.807, 2.05) is 13.1 Å². The van der Waals surface area contributed by atoms with E-state index in [-0.39, 0.29) is 0 Å². The van der Waals surface area contributed by atoms with Gasteiger partial charge in [-0.3, -0.25) is 0 Å². The van der Waals surface area contributed by atoms with Gasteiger partial charge in [0.2, 0.25) is 0 Å². The lowest BCUT2D eigenvalue weighted by atomic mass is 11.9. The van der Waals surface area contributed by atoms with Gasteiger partial charge in [0.1, 0.15) is 10.5 Å². The van der Waals surface area contributed by atoms with Crippen molar-refractivity contribution in [2.24, 2.45) is 0 Å². The van der Waals surface area contributed by atoms with Crippen molar-refractivity contribution in [2.45, 2.75) is 13.1 Å². The van der Waals surface area contributed by atoms with E-state index < -0.39 is 28.6 Å². The Labute approximate surface area is 69.8 Å². The van der Waals surface area contributed by atoms with Crippen LogP contribution < -0.4 is 0 Å². The Kier molecular flexibility index (Phi) is 5.75. The minimum absolute atomic E-state index is 0.739. The van der Waals surface area contributed by atoms with Crippen LogP contribution in [0, 0.1) is 0 Å². The van der Waals surface area contributed by atoms with Gasteiger partial charge in [0.15, 0.2) is 0 Å². The molecule has 0 aromatic carbocycles. The van der Waals surface area contributed by atoms with Crippen molar-refractivity contribution in [1.82, 2.24) is 0 Å². The van der Waals surface area contributed by atoms with E-state index in [1.54, 1.807) is 0 Å². The van der Waals surface area contributed by atoms with Gasteiger partial charge in [-0.15, -0.1) is 0 Å². The third-order valence-electron chi connectivity index (χ3n) is 0.937. The van der Waals surface area contributed by atoms with Gasteiger partial charge in [0.25, 0.3) is 20.0 Å². The average molecular weight is 214 g/mol. The minimum Gasteiger partial charge on any atom is -0.449 e. The van der Waals surface area contributed by atoms with Gasteiger partial charge in [-0.2, -0.15) is 0 Å². The molecular formula is C2H14O4Si4. The normalized spacial score (nSPS) is 14.7. The van der Waals surface area contributed by atoms with Crippen molar-refractivity contribution in [3.8, 4) is 0 Å². The van der Waals surface area contributed by atoms with Gasteiger partial charge in [-0.25, -0.2) is 0 Å². The van der Waals surface area contributed by atoms with Crippen molar-refractivity contribution < 1.29 is 17.1 Å². The van der Waals surface area contributed by atoms with Crippen molar-refractivity contribution in [3.05, 3.63) is 0 Å². The molecule has 0 rings (SSSR count). The van der Waals surface area contributed by atoms with E-state index in [0.29, 0.717) is 0 Å². The summed E-state index contributed by atoms with van der Waals surface area (Å²) in [5.41, 5.74) is 0. The highest BCUT2D eigenvalue weighted by molar-refractivity contribution is 6.72. The molecule has 10 heavy (non-hydrogen) atoms. The van der Waals surface area contributed by atoms with Crippen molar-refractivity contribution in [1.29, 1.82) is 0 Å². The largest absolute Gasteiger partial charge is 0.449 e. The quantitative estimate of drug-likeness (QED) is 0.496. The molecule has 0 radical (unpaired) electrons. The smallest absolute Gasteiger partial charge is 0.313 e. The highest BCUT2D eigenvalue weighted by atomic mass is 28.4. The van der Waals surface area contributed by atoms with Gasteiger partial charge in [-0.1, -0.05) is 0 Å². The first-order valence-electron chi connectivity index (χ1n) is 3.00. The Bertz CT molecular complexity index is 87.3. The molecule has 8 heteroatoms. The third kappa shape index (κ3) is 5.49. The molecule has 4 nitrogen and oxygen atoms in total. The Morgan fingerprint density at radius 2 is 2.00 bits per heavy atom.